The Kier molecular flexibility index (Phi) is 9.77. The normalized spacial score (nSPS) is 16.6. The Balaban J connectivity index is 1.44. The first kappa shape index (κ1) is 32.4. The monoisotopic (exact) mass is 612 g/mol. The molecular weight excluding hydrogens is 564 g/mol. The van der Waals surface area contributed by atoms with Crippen molar-refractivity contribution in [2.24, 2.45) is 5.41 Å². The van der Waals surface area contributed by atoms with E-state index in [1.807, 2.05) is 57.3 Å². The van der Waals surface area contributed by atoms with Crippen molar-refractivity contribution in [2.45, 2.75) is 86.2 Å². The molecule has 0 radical (unpaired) electrons. The Morgan fingerprint density at radius 1 is 1.00 bits per heavy atom. The third-order valence-electron chi connectivity index (χ3n) is 9.99. The van der Waals surface area contributed by atoms with E-state index in [0.29, 0.717) is 28.4 Å². The van der Waals surface area contributed by atoms with Crippen LogP contribution in [0.3, 0.4) is 0 Å². The number of nitrogens with zero attached hydrogens (tertiary/aromatic N) is 3. The first-order chi connectivity index (χ1) is 21.5. The fourth-order valence-corrected chi connectivity index (χ4v) is 6.87. The summed E-state index contributed by atoms with van der Waals surface area (Å²) in [5.41, 5.74) is 4.98. The minimum Gasteiger partial charge on any atom is -0.354 e. The third-order valence-corrected chi connectivity index (χ3v) is 9.99. The Morgan fingerprint density at radius 3 is 2.31 bits per heavy atom. The summed E-state index contributed by atoms with van der Waals surface area (Å²) in [5.74, 6) is 0.651. The molecule has 2 aliphatic rings. The number of benzene rings is 1. The SMILES string of the molecule is CCC1(C(=O)Nc2cc(-c3ccc(N4CCN(C(C)C)CC4)nc3)cc(C(=O)NCc3c(C)cc(C)[nH]c3=O)c2C)CCCC1. The molecule has 3 aromatic rings. The molecule has 3 N–H and O–H groups in total. The fraction of sp³-hybridized carbons (Fsp3) is 0.500. The number of piperazine rings is 1. The summed E-state index contributed by atoms with van der Waals surface area (Å²) in [5, 5.41) is 6.17. The highest BCUT2D eigenvalue weighted by atomic mass is 16.2. The molecule has 1 saturated heterocycles. The number of amides is 2. The molecule has 5 rings (SSSR count). The van der Waals surface area contributed by atoms with E-state index in [2.05, 4.69) is 46.2 Å². The van der Waals surface area contributed by atoms with Crippen LogP contribution in [-0.2, 0) is 11.3 Å². The van der Waals surface area contributed by atoms with Gasteiger partial charge in [0, 0.05) is 78.4 Å². The summed E-state index contributed by atoms with van der Waals surface area (Å²) < 4.78 is 0. The lowest BCUT2D eigenvalue weighted by Gasteiger charge is -2.37. The van der Waals surface area contributed by atoms with Gasteiger partial charge >= 0.3 is 0 Å². The average Bonchev–Trinajstić information content (AvgIpc) is 3.52. The smallest absolute Gasteiger partial charge is 0.253 e. The van der Waals surface area contributed by atoms with E-state index >= 15 is 0 Å². The highest BCUT2D eigenvalue weighted by Gasteiger charge is 2.39. The van der Waals surface area contributed by atoms with Crippen LogP contribution in [0, 0.1) is 26.2 Å². The van der Waals surface area contributed by atoms with Gasteiger partial charge in [0.05, 0.1) is 0 Å². The Morgan fingerprint density at radius 2 is 1.71 bits per heavy atom. The van der Waals surface area contributed by atoms with E-state index in [0.717, 1.165) is 86.5 Å². The second-order valence-electron chi connectivity index (χ2n) is 13.1. The number of hydrogen-bond donors (Lipinski definition) is 3. The summed E-state index contributed by atoms with van der Waals surface area (Å²) >= 11 is 0. The van der Waals surface area contributed by atoms with Crippen molar-refractivity contribution >= 4 is 23.3 Å². The number of anilines is 2. The van der Waals surface area contributed by atoms with Gasteiger partial charge in [0.1, 0.15) is 5.82 Å². The second kappa shape index (κ2) is 13.6. The maximum Gasteiger partial charge on any atom is 0.253 e. The molecule has 3 heterocycles. The quantitative estimate of drug-likeness (QED) is 0.285. The topological polar surface area (TPSA) is 110 Å². The molecule has 0 bridgehead atoms. The molecule has 1 aliphatic carbocycles. The molecule has 9 heteroatoms. The van der Waals surface area contributed by atoms with Gasteiger partial charge in [-0.25, -0.2) is 4.98 Å². The molecule has 9 nitrogen and oxygen atoms in total. The summed E-state index contributed by atoms with van der Waals surface area (Å²) in [6.45, 7) is 16.1. The molecule has 0 atom stereocenters. The molecule has 2 aromatic heterocycles. The van der Waals surface area contributed by atoms with Crippen molar-refractivity contribution in [3.63, 3.8) is 0 Å². The predicted octanol–water partition coefficient (Wildman–Crippen LogP) is 5.73. The molecular formula is C36H48N6O3. The van der Waals surface area contributed by atoms with Crippen LogP contribution >= 0.6 is 0 Å². The lowest BCUT2D eigenvalue weighted by Crippen LogP contribution is -2.49. The number of carbonyl (C=O) groups is 2. The number of H-pyrrole nitrogens is 1. The Labute approximate surface area is 266 Å². The zero-order valence-corrected chi connectivity index (χ0v) is 27.7. The largest absolute Gasteiger partial charge is 0.354 e. The standard InChI is InChI=1S/C36H48N6O3/c1-7-36(12-8-9-13-36)35(45)40-31-20-28(27-10-11-32(37-21-27)42-16-14-41(15-17-42)23(2)3)19-29(26(31)6)33(43)38-22-30-24(4)18-25(5)39-34(30)44/h10-11,18-21,23H,7-9,12-17,22H2,1-6H3,(H,38,43)(H,39,44)(H,40,45). The molecule has 0 unspecified atom stereocenters. The van der Waals surface area contributed by atoms with E-state index in [1.54, 1.807) is 0 Å². The molecule has 1 aliphatic heterocycles. The number of pyridine rings is 2. The van der Waals surface area contributed by atoms with Gasteiger partial charge in [-0.2, -0.15) is 0 Å². The maximum atomic E-state index is 13.7. The van der Waals surface area contributed by atoms with Crippen molar-refractivity contribution in [2.75, 3.05) is 36.4 Å². The molecule has 240 valence electrons. The van der Waals surface area contributed by atoms with Crippen molar-refractivity contribution in [1.82, 2.24) is 20.2 Å². The number of carbonyl (C=O) groups excluding carboxylic acids is 2. The number of aryl methyl sites for hydroxylation is 2. The van der Waals surface area contributed by atoms with Gasteiger partial charge in [-0.15, -0.1) is 0 Å². The van der Waals surface area contributed by atoms with Crippen LogP contribution in [0.5, 0.6) is 0 Å². The van der Waals surface area contributed by atoms with Gasteiger partial charge in [-0.1, -0.05) is 19.8 Å². The van der Waals surface area contributed by atoms with Gasteiger partial charge in [-0.3, -0.25) is 19.3 Å². The van der Waals surface area contributed by atoms with Crippen LogP contribution in [0.25, 0.3) is 11.1 Å². The van der Waals surface area contributed by atoms with Gasteiger partial charge in [0.15, 0.2) is 0 Å². The Hall–Kier alpha value is -3.98. The van der Waals surface area contributed by atoms with E-state index in [-0.39, 0.29) is 29.3 Å². The van der Waals surface area contributed by atoms with E-state index in [9.17, 15) is 14.4 Å². The van der Waals surface area contributed by atoms with Crippen LogP contribution in [0.4, 0.5) is 11.5 Å². The third kappa shape index (κ3) is 6.98. The predicted molar refractivity (Wildman–Crippen MR) is 181 cm³/mol. The minimum atomic E-state index is -0.377. The average molecular weight is 613 g/mol. The molecule has 0 spiro atoms. The summed E-state index contributed by atoms with van der Waals surface area (Å²) in [6, 6.07) is 10.3. The second-order valence-corrected chi connectivity index (χ2v) is 13.1. The zero-order chi connectivity index (χ0) is 32.3. The summed E-state index contributed by atoms with van der Waals surface area (Å²) in [6.07, 6.45) is 6.49. The van der Waals surface area contributed by atoms with Crippen LogP contribution < -0.4 is 21.1 Å². The summed E-state index contributed by atoms with van der Waals surface area (Å²) in [7, 11) is 0. The number of hydrogen-bond acceptors (Lipinski definition) is 6. The molecule has 1 saturated carbocycles. The van der Waals surface area contributed by atoms with Crippen LogP contribution in [0.2, 0.25) is 0 Å². The van der Waals surface area contributed by atoms with Crippen LogP contribution in [-0.4, -0.2) is 58.9 Å². The van der Waals surface area contributed by atoms with Crippen LogP contribution in [0.1, 0.15) is 85.6 Å². The number of nitrogens with one attached hydrogen (secondary N) is 3. The maximum absolute atomic E-state index is 13.7. The lowest BCUT2D eigenvalue weighted by atomic mass is 9.82. The van der Waals surface area contributed by atoms with Crippen molar-refractivity contribution in [3.05, 3.63) is 74.8 Å². The molecule has 1 aromatic carbocycles. The minimum absolute atomic E-state index is 0.0185. The number of aromatic amines is 1. The van der Waals surface area contributed by atoms with Gasteiger partial charge in [-0.05, 0) is 101 Å². The first-order valence-corrected chi connectivity index (χ1v) is 16.4. The van der Waals surface area contributed by atoms with Crippen molar-refractivity contribution < 1.29 is 9.59 Å². The molecule has 2 amide bonds. The van der Waals surface area contributed by atoms with Gasteiger partial charge < -0.3 is 20.5 Å². The van der Waals surface area contributed by atoms with Gasteiger partial charge in [0.2, 0.25) is 5.91 Å². The lowest BCUT2D eigenvalue weighted by molar-refractivity contribution is -0.125. The van der Waals surface area contributed by atoms with E-state index in [4.69, 9.17) is 4.98 Å². The van der Waals surface area contributed by atoms with Crippen LogP contribution in [0.15, 0.2) is 41.3 Å². The van der Waals surface area contributed by atoms with Crippen molar-refractivity contribution in [3.8, 4) is 11.1 Å². The van der Waals surface area contributed by atoms with Crippen molar-refractivity contribution in [1.29, 1.82) is 0 Å². The molecule has 2 fully saturated rings. The van der Waals surface area contributed by atoms with Gasteiger partial charge in [0.25, 0.3) is 11.5 Å². The molecule has 45 heavy (non-hydrogen) atoms. The Bertz CT molecular complexity index is 1600. The fourth-order valence-electron chi connectivity index (χ4n) is 6.87. The van der Waals surface area contributed by atoms with E-state index in [1.165, 1.54) is 0 Å². The number of aromatic nitrogens is 2. The highest BCUT2D eigenvalue weighted by Crippen LogP contribution is 2.42. The highest BCUT2D eigenvalue weighted by molar-refractivity contribution is 6.02. The zero-order valence-electron chi connectivity index (χ0n) is 27.7. The summed E-state index contributed by atoms with van der Waals surface area (Å²) in [4.78, 5) is 52.4. The van der Waals surface area contributed by atoms with E-state index < -0.39 is 0 Å². The number of rotatable bonds is 9. The first-order valence-electron chi connectivity index (χ1n) is 16.4.